The highest BCUT2D eigenvalue weighted by Gasteiger charge is 2.29. The van der Waals surface area contributed by atoms with E-state index < -0.39 is 12.0 Å². The summed E-state index contributed by atoms with van der Waals surface area (Å²) in [4.78, 5) is 16.6. The molecule has 2 aromatic rings. The van der Waals surface area contributed by atoms with Gasteiger partial charge in [0.15, 0.2) is 10.4 Å². The van der Waals surface area contributed by atoms with Crippen LogP contribution in [-0.4, -0.2) is 16.0 Å². The van der Waals surface area contributed by atoms with Crippen LogP contribution in [0.1, 0.15) is 17.4 Å². The average molecular weight is 313 g/mol. The third-order valence-corrected chi connectivity index (χ3v) is 5.24. The molecule has 98 valence electrons. The Hall–Kier alpha value is -1.08. The smallest absolute Gasteiger partial charge is 0.257 e. The van der Waals surface area contributed by atoms with Crippen LogP contribution in [0.4, 0.5) is 5.69 Å². The number of aryl methyl sites for hydroxylation is 1. The fraction of sp³-hybridized carbons (Fsp3) is 0.167. The normalized spacial score (nSPS) is 17.4. The minimum absolute atomic E-state index is 0.418. The van der Waals surface area contributed by atoms with E-state index in [1.54, 1.807) is 23.5 Å². The van der Waals surface area contributed by atoms with Gasteiger partial charge >= 0.3 is 0 Å². The summed E-state index contributed by atoms with van der Waals surface area (Å²) < 4.78 is 0.893. The maximum atomic E-state index is 11.4. The minimum atomic E-state index is -1.13. The summed E-state index contributed by atoms with van der Waals surface area (Å²) >= 11 is 9.17. The summed E-state index contributed by atoms with van der Waals surface area (Å²) in [7, 11) is 0. The van der Waals surface area contributed by atoms with Gasteiger partial charge in [0.2, 0.25) is 0 Å². The van der Waals surface area contributed by atoms with Crippen molar-refractivity contribution in [1.29, 1.82) is 0 Å². The third-order valence-electron chi connectivity index (χ3n) is 2.70. The number of benzene rings is 1. The van der Waals surface area contributed by atoms with Gasteiger partial charge in [-0.2, -0.15) is 0 Å². The lowest BCUT2D eigenvalue weighted by Crippen LogP contribution is -2.10. The zero-order chi connectivity index (χ0) is 13.6. The molecule has 1 aromatic heterocycles. The molecule has 1 unspecified atom stereocenters. The summed E-state index contributed by atoms with van der Waals surface area (Å²) in [6, 6.07) is 3.40. The molecule has 0 saturated heterocycles. The molecule has 19 heavy (non-hydrogen) atoms. The van der Waals surface area contributed by atoms with Gasteiger partial charge in [0, 0.05) is 27.2 Å². The Morgan fingerprint density at radius 2 is 2.32 bits per heavy atom. The van der Waals surface area contributed by atoms with E-state index in [-0.39, 0.29) is 0 Å². The largest absolute Gasteiger partial charge is 0.378 e. The van der Waals surface area contributed by atoms with E-state index in [1.807, 2.05) is 12.3 Å². The molecule has 0 radical (unpaired) electrons. The molecule has 1 aliphatic rings. The zero-order valence-electron chi connectivity index (χ0n) is 9.81. The SMILES string of the molecule is Cc1csc(Sc2cc3c(cc2Cl)C(O)C(=O)N3)n1. The Kier molecular flexibility index (Phi) is 3.26. The molecular formula is C12H9ClN2O2S2. The Labute approximate surface area is 122 Å². The number of nitrogens with zero attached hydrogens (tertiary/aromatic N) is 1. The van der Waals surface area contributed by atoms with Crippen molar-refractivity contribution in [2.24, 2.45) is 0 Å². The summed E-state index contributed by atoms with van der Waals surface area (Å²) in [5, 5.41) is 14.8. The topological polar surface area (TPSA) is 62.2 Å². The van der Waals surface area contributed by atoms with Crippen LogP contribution >= 0.6 is 34.7 Å². The molecule has 4 nitrogen and oxygen atoms in total. The first-order chi connectivity index (χ1) is 9.04. The van der Waals surface area contributed by atoms with Gasteiger partial charge in [0.1, 0.15) is 0 Å². The summed E-state index contributed by atoms with van der Waals surface area (Å²) in [6.45, 7) is 1.93. The van der Waals surface area contributed by atoms with Crippen molar-refractivity contribution in [2.45, 2.75) is 22.3 Å². The highest BCUT2D eigenvalue weighted by atomic mass is 35.5. The van der Waals surface area contributed by atoms with Crippen LogP contribution in [0.2, 0.25) is 5.02 Å². The fourth-order valence-corrected chi connectivity index (χ4v) is 3.92. The van der Waals surface area contributed by atoms with E-state index in [1.165, 1.54) is 11.8 Å². The number of aliphatic hydroxyl groups is 1. The van der Waals surface area contributed by atoms with Crippen LogP contribution in [0.25, 0.3) is 0 Å². The molecule has 2 heterocycles. The van der Waals surface area contributed by atoms with Gasteiger partial charge in [-0.3, -0.25) is 4.79 Å². The molecule has 0 saturated carbocycles. The number of carbonyl (C=O) groups excluding carboxylic acids is 1. The number of carbonyl (C=O) groups is 1. The third kappa shape index (κ3) is 2.36. The molecule has 1 aliphatic heterocycles. The lowest BCUT2D eigenvalue weighted by molar-refractivity contribution is -0.123. The van der Waals surface area contributed by atoms with Crippen LogP contribution in [-0.2, 0) is 4.79 Å². The van der Waals surface area contributed by atoms with Crippen LogP contribution in [0.15, 0.2) is 26.7 Å². The molecule has 2 N–H and O–H groups in total. The number of thiazole rings is 1. The average Bonchev–Trinajstić information content (AvgIpc) is 2.87. The van der Waals surface area contributed by atoms with E-state index in [9.17, 15) is 9.90 Å². The number of aromatic nitrogens is 1. The molecular weight excluding hydrogens is 304 g/mol. The van der Waals surface area contributed by atoms with E-state index in [2.05, 4.69) is 10.3 Å². The number of aliphatic hydroxyl groups excluding tert-OH is 1. The number of rotatable bonds is 2. The number of halogens is 1. The van der Waals surface area contributed by atoms with Crippen molar-refractivity contribution >= 4 is 46.3 Å². The molecule has 1 aromatic carbocycles. The molecule has 0 aliphatic carbocycles. The first-order valence-electron chi connectivity index (χ1n) is 5.47. The van der Waals surface area contributed by atoms with Crippen molar-refractivity contribution in [1.82, 2.24) is 4.98 Å². The van der Waals surface area contributed by atoms with Crippen LogP contribution in [0.5, 0.6) is 0 Å². The van der Waals surface area contributed by atoms with Gasteiger partial charge < -0.3 is 10.4 Å². The van der Waals surface area contributed by atoms with Crippen LogP contribution in [0, 0.1) is 6.92 Å². The maximum Gasteiger partial charge on any atom is 0.257 e. The summed E-state index contributed by atoms with van der Waals surface area (Å²) in [5.41, 5.74) is 2.10. The van der Waals surface area contributed by atoms with Crippen LogP contribution in [0.3, 0.4) is 0 Å². The molecule has 7 heteroatoms. The van der Waals surface area contributed by atoms with Gasteiger partial charge in [-0.05, 0) is 19.1 Å². The second-order valence-corrected chi connectivity index (χ2v) is 6.67. The standard InChI is InChI=1S/C12H9ClN2O2S2/c1-5-4-18-12(14-5)19-9-3-8-6(2-7(9)13)10(16)11(17)15-8/h2-4,10,16H,1H3,(H,15,17). The molecule has 1 amide bonds. The van der Waals surface area contributed by atoms with Gasteiger partial charge in [-0.15, -0.1) is 11.3 Å². The number of fused-ring (bicyclic) bond motifs is 1. The van der Waals surface area contributed by atoms with Crippen molar-refractivity contribution < 1.29 is 9.90 Å². The van der Waals surface area contributed by atoms with E-state index in [0.717, 1.165) is 14.9 Å². The zero-order valence-corrected chi connectivity index (χ0v) is 12.2. The predicted octanol–water partition coefficient (Wildman–Crippen LogP) is 3.24. The second kappa shape index (κ2) is 4.79. The number of nitrogens with one attached hydrogen (secondary N) is 1. The molecule has 1 atom stereocenters. The monoisotopic (exact) mass is 312 g/mol. The quantitative estimate of drug-likeness (QED) is 0.893. The van der Waals surface area contributed by atoms with E-state index in [0.29, 0.717) is 16.3 Å². The molecule has 0 fully saturated rings. The number of anilines is 1. The Balaban J connectivity index is 1.96. The fourth-order valence-electron chi connectivity index (χ4n) is 1.80. The molecule has 3 rings (SSSR count). The van der Waals surface area contributed by atoms with E-state index in [4.69, 9.17) is 11.6 Å². The first kappa shape index (κ1) is 12.9. The summed E-state index contributed by atoms with van der Waals surface area (Å²) in [5.74, 6) is -0.418. The van der Waals surface area contributed by atoms with Crippen molar-refractivity contribution in [3.05, 3.63) is 33.8 Å². The Morgan fingerprint density at radius 3 is 3.00 bits per heavy atom. The lowest BCUT2D eigenvalue weighted by Gasteiger charge is -2.06. The first-order valence-corrected chi connectivity index (χ1v) is 7.54. The predicted molar refractivity (Wildman–Crippen MR) is 76.0 cm³/mol. The molecule has 0 spiro atoms. The van der Waals surface area contributed by atoms with Crippen molar-refractivity contribution in [3.8, 4) is 0 Å². The Morgan fingerprint density at radius 1 is 1.53 bits per heavy atom. The van der Waals surface area contributed by atoms with Crippen molar-refractivity contribution in [3.63, 3.8) is 0 Å². The number of amides is 1. The number of hydrogen-bond donors (Lipinski definition) is 2. The van der Waals surface area contributed by atoms with Gasteiger partial charge in [0.05, 0.1) is 5.02 Å². The second-order valence-electron chi connectivity index (χ2n) is 4.12. The highest BCUT2D eigenvalue weighted by Crippen LogP contribution is 2.41. The number of hydrogen-bond acceptors (Lipinski definition) is 5. The minimum Gasteiger partial charge on any atom is -0.378 e. The van der Waals surface area contributed by atoms with Gasteiger partial charge in [-0.25, -0.2) is 4.98 Å². The highest BCUT2D eigenvalue weighted by molar-refractivity contribution is 8.01. The maximum absolute atomic E-state index is 11.4. The van der Waals surface area contributed by atoms with Gasteiger partial charge in [-0.1, -0.05) is 23.4 Å². The van der Waals surface area contributed by atoms with E-state index >= 15 is 0 Å². The van der Waals surface area contributed by atoms with Crippen molar-refractivity contribution in [2.75, 3.05) is 5.32 Å². The van der Waals surface area contributed by atoms with Crippen LogP contribution < -0.4 is 5.32 Å². The summed E-state index contributed by atoms with van der Waals surface area (Å²) in [6.07, 6.45) is -1.13. The molecule has 0 bridgehead atoms. The van der Waals surface area contributed by atoms with Gasteiger partial charge in [0.25, 0.3) is 5.91 Å². The Bertz CT molecular complexity index is 672. The lowest BCUT2D eigenvalue weighted by atomic mass is 10.1.